The van der Waals surface area contributed by atoms with Crippen LogP contribution in [0.2, 0.25) is 0 Å². The van der Waals surface area contributed by atoms with E-state index in [9.17, 15) is 27.2 Å². The van der Waals surface area contributed by atoms with Crippen LogP contribution >= 0.6 is 11.8 Å². The molecule has 11 heteroatoms. The molecule has 39 heavy (non-hydrogen) atoms. The minimum atomic E-state index is -1.38. The summed E-state index contributed by atoms with van der Waals surface area (Å²) in [5.74, 6) is -5.35. The van der Waals surface area contributed by atoms with Crippen LogP contribution in [-0.2, 0) is 4.79 Å². The first-order chi connectivity index (χ1) is 18.7. The van der Waals surface area contributed by atoms with E-state index in [2.05, 4.69) is 10.4 Å². The summed E-state index contributed by atoms with van der Waals surface area (Å²) in [6, 6.07) is 12.7. The molecule has 0 aliphatic carbocycles. The lowest BCUT2D eigenvalue weighted by atomic mass is 10.1. The lowest BCUT2D eigenvalue weighted by Crippen LogP contribution is -2.32. The normalized spacial score (nSPS) is 15.6. The number of nitrogens with zero attached hydrogens (tertiary/aromatic N) is 2. The van der Waals surface area contributed by atoms with Gasteiger partial charge in [0.15, 0.2) is 6.61 Å². The fourth-order valence-electron chi connectivity index (χ4n) is 3.70. The number of thioether (sulfide) groups is 1. The predicted molar refractivity (Wildman–Crippen MR) is 140 cm³/mol. The number of nitrogens with one attached hydrogen (secondary N) is 1. The molecular formula is C28H25F4N3O3S. The molecular weight excluding hydrogens is 534 g/mol. The fourth-order valence-corrected chi connectivity index (χ4v) is 4.88. The molecule has 2 unspecified atom stereocenters. The van der Waals surface area contributed by atoms with Crippen molar-refractivity contribution in [1.29, 1.82) is 0 Å². The van der Waals surface area contributed by atoms with E-state index in [0.717, 1.165) is 23.2 Å². The van der Waals surface area contributed by atoms with Crippen molar-refractivity contribution in [2.75, 3.05) is 13.2 Å². The van der Waals surface area contributed by atoms with E-state index in [1.54, 1.807) is 24.3 Å². The Morgan fingerprint density at radius 3 is 2.36 bits per heavy atom. The minimum absolute atomic E-state index is 0.252. The quantitative estimate of drug-likeness (QED) is 0.325. The summed E-state index contributed by atoms with van der Waals surface area (Å²) in [7, 11) is 0. The summed E-state index contributed by atoms with van der Waals surface area (Å²) in [5.41, 5.74) is -0.118. The molecule has 0 radical (unpaired) electrons. The Bertz CT molecular complexity index is 1380. The van der Waals surface area contributed by atoms with Gasteiger partial charge >= 0.3 is 0 Å². The number of hydrogen-bond acceptors (Lipinski definition) is 5. The van der Waals surface area contributed by atoms with Gasteiger partial charge in [-0.05, 0) is 36.2 Å². The van der Waals surface area contributed by atoms with Crippen molar-refractivity contribution in [3.8, 4) is 5.75 Å². The van der Waals surface area contributed by atoms with Gasteiger partial charge in [-0.15, -0.1) is 0 Å². The highest BCUT2D eigenvalue weighted by atomic mass is 32.2. The number of hydrogen-bond donors (Lipinski definition) is 1. The van der Waals surface area contributed by atoms with Crippen LogP contribution in [0.5, 0.6) is 5.75 Å². The van der Waals surface area contributed by atoms with Gasteiger partial charge in [-0.25, -0.2) is 22.6 Å². The van der Waals surface area contributed by atoms with Gasteiger partial charge in [0.25, 0.3) is 11.8 Å². The summed E-state index contributed by atoms with van der Waals surface area (Å²) in [6.07, 6.45) is 0.901. The van der Waals surface area contributed by atoms with Gasteiger partial charge in [0.05, 0.1) is 0 Å². The third-order valence-electron chi connectivity index (χ3n) is 6.05. The van der Waals surface area contributed by atoms with E-state index >= 15 is 0 Å². The van der Waals surface area contributed by atoms with Gasteiger partial charge in [-0.1, -0.05) is 50.2 Å². The number of ether oxygens (including phenoxy) is 1. The molecule has 3 aromatic carbocycles. The average molecular weight is 560 g/mol. The third kappa shape index (κ3) is 6.59. The Balaban J connectivity index is 1.66. The second-order valence-electron chi connectivity index (χ2n) is 8.92. The molecule has 1 aliphatic rings. The van der Waals surface area contributed by atoms with Crippen LogP contribution in [0.1, 0.15) is 47.1 Å². The molecule has 1 aliphatic heterocycles. The van der Waals surface area contributed by atoms with Gasteiger partial charge in [0.2, 0.25) is 0 Å². The Hall–Kier alpha value is -3.86. The van der Waals surface area contributed by atoms with E-state index < -0.39 is 40.1 Å². The van der Waals surface area contributed by atoms with E-state index in [1.165, 1.54) is 24.3 Å². The highest BCUT2D eigenvalue weighted by molar-refractivity contribution is 8.14. The molecule has 0 aromatic heterocycles. The summed E-state index contributed by atoms with van der Waals surface area (Å²) in [6.45, 7) is 4.21. The van der Waals surface area contributed by atoms with Crippen molar-refractivity contribution in [1.82, 2.24) is 10.3 Å². The maximum absolute atomic E-state index is 14.6. The van der Waals surface area contributed by atoms with E-state index in [1.807, 2.05) is 13.8 Å². The third-order valence-corrected chi connectivity index (χ3v) is 7.27. The molecule has 204 valence electrons. The lowest BCUT2D eigenvalue weighted by molar-refractivity contribution is -0.123. The Labute approximate surface area is 227 Å². The first kappa shape index (κ1) is 28.2. The highest BCUT2D eigenvalue weighted by Crippen LogP contribution is 2.45. The molecule has 4 rings (SSSR count). The van der Waals surface area contributed by atoms with Crippen LogP contribution in [0.3, 0.4) is 0 Å². The van der Waals surface area contributed by atoms with Gasteiger partial charge in [-0.3, -0.25) is 9.59 Å². The zero-order valence-electron chi connectivity index (χ0n) is 21.1. The van der Waals surface area contributed by atoms with Crippen molar-refractivity contribution >= 4 is 28.6 Å². The van der Waals surface area contributed by atoms with Gasteiger partial charge < -0.3 is 10.1 Å². The molecule has 2 atom stereocenters. The maximum Gasteiger partial charge on any atom is 0.281 e. The molecule has 3 aromatic rings. The first-order valence-electron chi connectivity index (χ1n) is 12.2. The van der Waals surface area contributed by atoms with Crippen LogP contribution in [0.4, 0.5) is 17.6 Å². The number of carbonyl (C=O) groups excluding carboxylic acids is 2. The van der Waals surface area contributed by atoms with Crippen molar-refractivity contribution in [3.05, 3.63) is 101 Å². The number of para-hydroxylation sites is 1. The predicted octanol–water partition coefficient (Wildman–Crippen LogP) is 6.03. The molecule has 0 saturated carbocycles. The van der Waals surface area contributed by atoms with Crippen LogP contribution < -0.4 is 10.1 Å². The molecule has 0 saturated heterocycles. The number of rotatable bonds is 9. The van der Waals surface area contributed by atoms with Gasteiger partial charge in [0, 0.05) is 29.8 Å². The standard InChI is InChI=1S/C28H25F4N3O3S/c1-3-16(2)14-33-24(36)15-38-23-7-5-4-6-20(23)28-35(27(37)25-21(31)12-19(30)13-22(25)32)34-26(39-28)17-8-10-18(29)11-9-17/h4-13,16,28H,3,14-15H2,1-2H3,(H,33,36). The first-order valence-corrected chi connectivity index (χ1v) is 13.0. The number of halogens is 4. The largest absolute Gasteiger partial charge is 0.483 e. The Morgan fingerprint density at radius 1 is 1.03 bits per heavy atom. The highest BCUT2D eigenvalue weighted by Gasteiger charge is 2.38. The van der Waals surface area contributed by atoms with Crippen LogP contribution in [0.25, 0.3) is 0 Å². The molecule has 1 N–H and O–H groups in total. The number of carbonyl (C=O) groups is 2. The average Bonchev–Trinajstić information content (AvgIpc) is 3.35. The van der Waals surface area contributed by atoms with Crippen LogP contribution in [-0.4, -0.2) is 35.0 Å². The van der Waals surface area contributed by atoms with Crippen LogP contribution in [0.15, 0.2) is 65.8 Å². The van der Waals surface area contributed by atoms with E-state index in [0.29, 0.717) is 35.7 Å². The minimum Gasteiger partial charge on any atom is -0.483 e. The molecule has 0 spiro atoms. The van der Waals surface area contributed by atoms with Crippen molar-refractivity contribution in [3.63, 3.8) is 0 Å². The fraction of sp³-hybridized carbons (Fsp3) is 0.250. The summed E-state index contributed by atoms with van der Waals surface area (Å²) < 4.78 is 61.9. The molecule has 6 nitrogen and oxygen atoms in total. The van der Waals surface area contributed by atoms with Crippen molar-refractivity contribution < 1.29 is 31.9 Å². The molecule has 2 amide bonds. The maximum atomic E-state index is 14.6. The SMILES string of the molecule is CCC(C)CNC(=O)COc1ccccc1C1SC(c2ccc(F)cc2)=NN1C(=O)c1c(F)cc(F)cc1F. The smallest absolute Gasteiger partial charge is 0.281 e. The summed E-state index contributed by atoms with van der Waals surface area (Å²) >= 11 is 1.07. The topological polar surface area (TPSA) is 71.0 Å². The second kappa shape index (κ2) is 12.3. The molecule has 0 bridgehead atoms. The molecule has 1 heterocycles. The summed E-state index contributed by atoms with van der Waals surface area (Å²) in [4.78, 5) is 25.7. The Kier molecular flexibility index (Phi) is 8.90. The van der Waals surface area contributed by atoms with E-state index in [4.69, 9.17) is 4.74 Å². The van der Waals surface area contributed by atoms with Gasteiger partial charge in [0.1, 0.15) is 45.0 Å². The van der Waals surface area contributed by atoms with Crippen molar-refractivity contribution in [2.24, 2.45) is 11.0 Å². The van der Waals surface area contributed by atoms with Crippen LogP contribution in [0, 0.1) is 29.2 Å². The zero-order valence-corrected chi connectivity index (χ0v) is 21.9. The second-order valence-corrected chi connectivity index (χ2v) is 9.99. The Morgan fingerprint density at radius 2 is 1.69 bits per heavy atom. The zero-order chi connectivity index (χ0) is 28.1. The van der Waals surface area contributed by atoms with E-state index in [-0.39, 0.29) is 23.3 Å². The number of benzene rings is 3. The summed E-state index contributed by atoms with van der Waals surface area (Å²) in [5, 5.41) is 7.26. The number of amides is 2. The lowest BCUT2D eigenvalue weighted by Gasteiger charge is -2.23. The van der Waals surface area contributed by atoms with Crippen molar-refractivity contribution in [2.45, 2.75) is 25.6 Å². The van der Waals surface area contributed by atoms with Gasteiger partial charge in [-0.2, -0.15) is 5.10 Å². The monoisotopic (exact) mass is 559 g/mol. The molecule has 0 fully saturated rings. The number of hydrazone groups is 1.